The number of aliphatic carboxylic acids is 2. The summed E-state index contributed by atoms with van der Waals surface area (Å²) in [5, 5.41) is 20.6. The van der Waals surface area contributed by atoms with E-state index < -0.39 is 24.3 Å². The highest BCUT2D eigenvalue weighted by Gasteiger charge is 2.38. The van der Waals surface area contributed by atoms with E-state index in [9.17, 15) is 26.3 Å². The third-order valence-corrected chi connectivity index (χ3v) is 2.64. The highest BCUT2D eigenvalue weighted by atomic mass is 19.4. The molecule has 8 N–H and O–H groups in total. The van der Waals surface area contributed by atoms with E-state index in [1.165, 1.54) is 5.57 Å². The molecule has 0 fully saturated rings. The normalized spacial score (nSPS) is 11.3. The summed E-state index contributed by atoms with van der Waals surface area (Å²) in [6.07, 6.45) is -6.06. The summed E-state index contributed by atoms with van der Waals surface area (Å²) in [7, 11) is 0. The zero-order valence-electron chi connectivity index (χ0n) is 17.1. The van der Waals surface area contributed by atoms with Crippen molar-refractivity contribution >= 4 is 17.9 Å². The molecule has 0 aliphatic heterocycles. The first kappa shape index (κ1) is 33.1. The lowest BCUT2D eigenvalue weighted by molar-refractivity contribution is -0.193. The van der Waals surface area contributed by atoms with Gasteiger partial charge < -0.3 is 32.3 Å². The van der Waals surface area contributed by atoms with Gasteiger partial charge in [0.25, 0.3) is 0 Å². The van der Waals surface area contributed by atoms with E-state index in [2.05, 4.69) is 15.6 Å². The number of hydrogen-bond acceptors (Lipinski definition) is 5. The van der Waals surface area contributed by atoms with Crippen LogP contribution in [-0.4, -0.2) is 73.2 Å². The lowest BCUT2D eigenvalue weighted by Gasteiger charge is -2.06. The van der Waals surface area contributed by atoms with Crippen molar-refractivity contribution in [3.63, 3.8) is 0 Å². The van der Waals surface area contributed by atoms with Crippen molar-refractivity contribution in [1.29, 1.82) is 0 Å². The van der Waals surface area contributed by atoms with Crippen molar-refractivity contribution in [3.05, 3.63) is 11.6 Å². The van der Waals surface area contributed by atoms with Gasteiger partial charge in [-0.3, -0.25) is 0 Å². The van der Waals surface area contributed by atoms with Gasteiger partial charge in [0.2, 0.25) is 0 Å². The van der Waals surface area contributed by atoms with Crippen LogP contribution in [0.3, 0.4) is 0 Å². The molecule has 0 aromatic rings. The highest BCUT2D eigenvalue weighted by Crippen LogP contribution is 2.13. The molecule has 0 radical (unpaired) electrons. The second-order valence-electron chi connectivity index (χ2n) is 5.79. The monoisotopic (exact) mass is 469 g/mol. The van der Waals surface area contributed by atoms with Crippen molar-refractivity contribution in [2.75, 3.05) is 32.7 Å². The summed E-state index contributed by atoms with van der Waals surface area (Å²) in [4.78, 5) is 22.0. The zero-order valence-corrected chi connectivity index (χ0v) is 17.1. The predicted molar refractivity (Wildman–Crippen MR) is 102 cm³/mol. The molecule has 0 heterocycles. The van der Waals surface area contributed by atoms with Crippen LogP contribution in [0.5, 0.6) is 0 Å². The number of carbonyl (C=O) groups is 2. The molecule has 0 spiro atoms. The number of halogens is 6. The molecule has 0 aromatic carbocycles. The number of nitrogens with one attached hydrogen (secondary N) is 2. The SMILES string of the molecule is CC(C)=CCN=C(N)NCCCNCCCN.O=C(O)C(F)(F)F.O=C(O)C(F)(F)F. The first-order chi connectivity index (χ1) is 14.1. The average molecular weight is 469 g/mol. The molecule has 9 nitrogen and oxygen atoms in total. The van der Waals surface area contributed by atoms with Crippen LogP contribution >= 0.6 is 0 Å². The first-order valence-corrected chi connectivity index (χ1v) is 8.73. The third-order valence-electron chi connectivity index (χ3n) is 2.64. The fourth-order valence-corrected chi connectivity index (χ4v) is 1.16. The van der Waals surface area contributed by atoms with Gasteiger partial charge in [-0.1, -0.05) is 11.6 Å². The number of allylic oxidation sites excluding steroid dienone is 1. The van der Waals surface area contributed by atoms with Gasteiger partial charge in [0, 0.05) is 6.54 Å². The largest absolute Gasteiger partial charge is 0.490 e. The highest BCUT2D eigenvalue weighted by molar-refractivity contribution is 5.77. The molecular weight excluding hydrogens is 440 g/mol. The van der Waals surface area contributed by atoms with Crippen LogP contribution in [0.15, 0.2) is 16.6 Å². The molecule has 0 saturated heterocycles. The topological polar surface area (TPSA) is 163 Å². The molecule has 0 aliphatic carbocycles. The second kappa shape index (κ2) is 18.2. The summed E-state index contributed by atoms with van der Waals surface area (Å²) in [5.41, 5.74) is 12.3. The lowest BCUT2D eigenvalue weighted by atomic mass is 10.3. The Morgan fingerprint density at radius 3 is 1.71 bits per heavy atom. The third kappa shape index (κ3) is 29.7. The van der Waals surface area contributed by atoms with Crippen molar-refractivity contribution in [3.8, 4) is 0 Å². The number of guanidine groups is 1. The number of nitrogens with zero attached hydrogens (tertiary/aromatic N) is 1. The molecule has 0 unspecified atom stereocenters. The van der Waals surface area contributed by atoms with Crippen LogP contribution in [-0.2, 0) is 9.59 Å². The van der Waals surface area contributed by atoms with E-state index in [-0.39, 0.29) is 0 Å². The Hall–Kier alpha value is -2.55. The van der Waals surface area contributed by atoms with E-state index in [4.69, 9.17) is 31.3 Å². The molecule has 0 atom stereocenters. The van der Waals surface area contributed by atoms with Gasteiger partial charge in [0.15, 0.2) is 5.96 Å². The number of carboxylic acids is 2. The molecular formula is C16H29F6N5O4. The summed E-state index contributed by atoms with van der Waals surface area (Å²) >= 11 is 0. The van der Waals surface area contributed by atoms with E-state index >= 15 is 0 Å². The number of alkyl halides is 6. The summed E-state index contributed by atoms with van der Waals surface area (Å²) in [5.74, 6) is -5.00. The Morgan fingerprint density at radius 2 is 1.35 bits per heavy atom. The maximum absolute atomic E-state index is 10.6. The molecule has 31 heavy (non-hydrogen) atoms. The van der Waals surface area contributed by atoms with Crippen molar-refractivity contribution in [2.24, 2.45) is 16.5 Å². The Kier molecular flexibility index (Phi) is 19.5. The minimum absolute atomic E-state index is 0.518. The van der Waals surface area contributed by atoms with Crippen LogP contribution in [0.1, 0.15) is 26.7 Å². The first-order valence-electron chi connectivity index (χ1n) is 8.73. The van der Waals surface area contributed by atoms with Crippen molar-refractivity contribution < 1.29 is 46.1 Å². The summed E-state index contributed by atoms with van der Waals surface area (Å²) in [6.45, 7) is 8.30. The van der Waals surface area contributed by atoms with Gasteiger partial charge >= 0.3 is 24.3 Å². The Bertz CT molecular complexity index is 538. The molecule has 0 saturated carbocycles. The molecule has 0 amide bonds. The predicted octanol–water partition coefficient (Wildman–Crippen LogP) is 1.45. The van der Waals surface area contributed by atoms with E-state index in [0.717, 1.165) is 39.0 Å². The summed E-state index contributed by atoms with van der Waals surface area (Å²) in [6, 6.07) is 0. The minimum Gasteiger partial charge on any atom is -0.475 e. The fraction of sp³-hybridized carbons (Fsp3) is 0.688. The van der Waals surface area contributed by atoms with E-state index in [0.29, 0.717) is 12.5 Å². The zero-order chi connectivity index (χ0) is 25.1. The quantitative estimate of drug-likeness (QED) is 0.0972. The van der Waals surface area contributed by atoms with Crippen molar-refractivity contribution in [1.82, 2.24) is 10.6 Å². The number of aliphatic imine (C=N–C) groups is 1. The average Bonchev–Trinajstić information content (AvgIpc) is 2.60. The summed E-state index contributed by atoms with van der Waals surface area (Å²) < 4.78 is 63.5. The molecule has 0 bridgehead atoms. The van der Waals surface area contributed by atoms with E-state index in [1.54, 1.807) is 0 Å². The molecule has 0 rings (SSSR count). The maximum atomic E-state index is 10.6. The van der Waals surface area contributed by atoms with Crippen LogP contribution in [0.2, 0.25) is 0 Å². The standard InChI is InChI=1S/C12H27N5.2C2HF3O2/c1-11(2)5-10-17-12(14)16-9-4-8-15-7-3-6-13;2*3-2(4,5)1(6)7/h5,15H,3-4,6-10,13H2,1-2H3,(H3,14,16,17);2*(H,6,7). The van der Waals surface area contributed by atoms with Crippen LogP contribution < -0.4 is 22.1 Å². The van der Waals surface area contributed by atoms with Crippen molar-refractivity contribution in [2.45, 2.75) is 39.0 Å². The second-order valence-corrected chi connectivity index (χ2v) is 5.79. The number of carboxylic acid groups (broad SMARTS) is 2. The maximum Gasteiger partial charge on any atom is 0.490 e. The Balaban J connectivity index is -0.000000460. The molecule has 0 aliphatic rings. The van der Waals surface area contributed by atoms with Crippen LogP contribution in [0.25, 0.3) is 0 Å². The molecule has 184 valence electrons. The number of nitrogens with two attached hydrogens (primary N) is 2. The van der Waals surface area contributed by atoms with Gasteiger partial charge in [-0.25, -0.2) is 14.6 Å². The lowest BCUT2D eigenvalue weighted by Crippen LogP contribution is -2.34. The van der Waals surface area contributed by atoms with Crippen LogP contribution in [0.4, 0.5) is 26.3 Å². The molecule has 15 heteroatoms. The van der Waals surface area contributed by atoms with E-state index in [1.807, 2.05) is 19.9 Å². The molecule has 0 aromatic heterocycles. The van der Waals surface area contributed by atoms with Gasteiger partial charge in [0.05, 0.1) is 6.54 Å². The Morgan fingerprint density at radius 1 is 0.935 bits per heavy atom. The minimum atomic E-state index is -5.08. The van der Waals surface area contributed by atoms with Gasteiger partial charge in [0.1, 0.15) is 0 Å². The van der Waals surface area contributed by atoms with Gasteiger partial charge in [-0.05, 0) is 46.3 Å². The fourth-order valence-electron chi connectivity index (χ4n) is 1.16. The number of rotatable bonds is 9. The van der Waals surface area contributed by atoms with Gasteiger partial charge in [-0.15, -0.1) is 0 Å². The van der Waals surface area contributed by atoms with Gasteiger partial charge in [-0.2, -0.15) is 26.3 Å². The smallest absolute Gasteiger partial charge is 0.475 e. The Labute approximate surface area is 175 Å². The van der Waals surface area contributed by atoms with Crippen LogP contribution in [0, 0.1) is 0 Å². The number of hydrogen-bond donors (Lipinski definition) is 6.